The van der Waals surface area contributed by atoms with Crippen LogP contribution in [0.1, 0.15) is 110 Å². The highest BCUT2D eigenvalue weighted by Crippen LogP contribution is 2.12. The quantitative estimate of drug-likeness (QED) is 0.303. The maximum atomic E-state index is 5.90. The van der Waals surface area contributed by atoms with Crippen molar-refractivity contribution < 1.29 is 4.74 Å². The summed E-state index contributed by atoms with van der Waals surface area (Å²) in [6.45, 7) is 5.99. The molecule has 0 aromatic rings. The van der Waals surface area contributed by atoms with Gasteiger partial charge in [-0.2, -0.15) is 0 Å². The predicted molar refractivity (Wildman–Crippen MR) is 107 cm³/mol. The Hall–Kier alpha value is -0.120. The highest BCUT2D eigenvalue weighted by molar-refractivity contribution is 4.70. The summed E-state index contributed by atoms with van der Waals surface area (Å²) >= 11 is 0. The second-order valence-electron chi connectivity index (χ2n) is 7.52. The molecule has 0 spiro atoms. The van der Waals surface area contributed by atoms with Gasteiger partial charge in [0, 0.05) is 25.3 Å². The minimum Gasteiger partial charge on any atom is -0.381 e. The fourth-order valence-electron chi connectivity index (χ4n) is 3.01. The lowest BCUT2D eigenvalue weighted by molar-refractivity contribution is 0.124. The number of hydrogen-bond acceptors (Lipinski definition) is 3. The monoisotopic (exact) mass is 342 g/mol. The molecule has 0 rings (SSSR count). The van der Waals surface area contributed by atoms with Gasteiger partial charge in [0.25, 0.3) is 0 Å². The molecule has 24 heavy (non-hydrogen) atoms. The van der Waals surface area contributed by atoms with Crippen molar-refractivity contribution in [2.75, 3.05) is 13.2 Å². The van der Waals surface area contributed by atoms with Gasteiger partial charge in [0.15, 0.2) is 0 Å². The number of nitrogens with two attached hydrogens (primary N) is 2. The third kappa shape index (κ3) is 18.2. The summed E-state index contributed by atoms with van der Waals surface area (Å²) in [7, 11) is 0. The number of rotatable bonds is 19. The van der Waals surface area contributed by atoms with Gasteiger partial charge < -0.3 is 16.2 Å². The second-order valence-corrected chi connectivity index (χ2v) is 7.52. The lowest BCUT2D eigenvalue weighted by Gasteiger charge is -2.14. The average molecular weight is 343 g/mol. The molecule has 0 saturated heterocycles. The van der Waals surface area contributed by atoms with Crippen LogP contribution in [0.2, 0.25) is 0 Å². The van der Waals surface area contributed by atoms with E-state index in [-0.39, 0.29) is 12.1 Å². The summed E-state index contributed by atoms with van der Waals surface area (Å²) in [5.41, 5.74) is 11.6. The van der Waals surface area contributed by atoms with Crippen LogP contribution in [-0.2, 0) is 4.74 Å². The molecule has 0 aliphatic rings. The summed E-state index contributed by atoms with van der Waals surface area (Å²) in [4.78, 5) is 0. The molecule has 0 fully saturated rings. The average Bonchev–Trinajstić information content (AvgIpc) is 2.57. The Balaban J connectivity index is 3.03. The first-order valence-electron chi connectivity index (χ1n) is 10.8. The zero-order chi connectivity index (χ0) is 17.9. The maximum Gasteiger partial charge on any atom is 0.0466 e. The molecular formula is C21H46N2O. The van der Waals surface area contributed by atoms with Crippen molar-refractivity contribution >= 4 is 0 Å². The third-order valence-electron chi connectivity index (χ3n) is 4.89. The van der Waals surface area contributed by atoms with Crippen LogP contribution in [-0.4, -0.2) is 25.3 Å². The van der Waals surface area contributed by atoms with Crippen molar-refractivity contribution in [1.29, 1.82) is 0 Å². The van der Waals surface area contributed by atoms with E-state index in [9.17, 15) is 0 Å². The Labute approximate surface area is 152 Å². The van der Waals surface area contributed by atoms with Gasteiger partial charge in [0.1, 0.15) is 0 Å². The number of unbranched alkanes of at least 4 members (excludes halogenated alkanes) is 12. The van der Waals surface area contributed by atoms with Crippen LogP contribution in [0, 0.1) is 0 Å². The Morgan fingerprint density at radius 1 is 0.625 bits per heavy atom. The van der Waals surface area contributed by atoms with Gasteiger partial charge in [-0.25, -0.2) is 0 Å². The molecule has 0 heterocycles. The maximum absolute atomic E-state index is 5.90. The van der Waals surface area contributed by atoms with E-state index in [1.165, 1.54) is 83.5 Å². The predicted octanol–water partition coefficient (Wildman–Crippen LogP) is 5.55. The van der Waals surface area contributed by atoms with E-state index in [0.717, 1.165) is 26.1 Å². The Morgan fingerprint density at radius 2 is 1.04 bits per heavy atom. The van der Waals surface area contributed by atoms with Crippen molar-refractivity contribution in [3.05, 3.63) is 0 Å². The molecule has 0 radical (unpaired) electrons. The van der Waals surface area contributed by atoms with E-state index in [4.69, 9.17) is 16.2 Å². The fourth-order valence-corrected chi connectivity index (χ4v) is 3.01. The Kier molecular flexibility index (Phi) is 19.1. The lowest BCUT2D eigenvalue weighted by Crippen LogP contribution is -2.38. The van der Waals surface area contributed by atoms with Crippen LogP contribution in [0.3, 0.4) is 0 Å². The molecule has 0 amide bonds. The molecule has 3 nitrogen and oxygen atoms in total. The largest absolute Gasteiger partial charge is 0.381 e. The van der Waals surface area contributed by atoms with Gasteiger partial charge in [-0.3, -0.25) is 0 Å². The first-order chi connectivity index (χ1) is 11.7. The van der Waals surface area contributed by atoms with Crippen molar-refractivity contribution in [3.8, 4) is 0 Å². The minimum absolute atomic E-state index is 0.0889. The summed E-state index contributed by atoms with van der Waals surface area (Å²) in [6.07, 6.45) is 20.2. The molecule has 4 N–H and O–H groups in total. The van der Waals surface area contributed by atoms with E-state index in [1.54, 1.807) is 0 Å². The molecule has 0 saturated carbocycles. The van der Waals surface area contributed by atoms with E-state index >= 15 is 0 Å². The van der Waals surface area contributed by atoms with Gasteiger partial charge in [-0.1, -0.05) is 84.0 Å². The minimum atomic E-state index is 0.0889. The van der Waals surface area contributed by atoms with Crippen LogP contribution in [0.25, 0.3) is 0 Å². The van der Waals surface area contributed by atoms with E-state index in [2.05, 4.69) is 6.92 Å². The summed E-state index contributed by atoms with van der Waals surface area (Å²) in [6, 6.07) is 0.205. The zero-order valence-electron chi connectivity index (χ0n) is 16.7. The molecule has 2 atom stereocenters. The van der Waals surface area contributed by atoms with Gasteiger partial charge >= 0.3 is 0 Å². The third-order valence-corrected chi connectivity index (χ3v) is 4.89. The standard InChI is InChI=1S/C21H46N2O/c1-3-4-5-6-7-8-9-10-11-12-13-14-15-18-24-19-16-17-21(23)20(2)22/h20-21H,3-19,22-23H2,1-2H3. The van der Waals surface area contributed by atoms with Crippen molar-refractivity contribution in [1.82, 2.24) is 0 Å². The molecule has 3 heteroatoms. The molecule has 146 valence electrons. The Morgan fingerprint density at radius 3 is 1.50 bits per heavy atom. The smallest absolute Gasteiger partial charge is 0.0466 e. The molecule has 0 aliphatic carbocycles. The lowest BCUT2D eigenvalue weighted by atomic mass is 10.0. The zero-order valence-corrected chi connectivity index (χ0v) is 16.7. The van der Waals surface area contributed by atoms with Gasteiger partial charge in [-0.15, -0.1) is 0 Å². The molecule has 0 aromatic carbocycles. The first kappa shape index (κ1) is 23.9. The fraction of sp³-hybridized carbons (Fsp3) is 1.00. The SMILES string of the molecule is CCCCCCCCCCCCCCCOCCCC(N)C(C)N. The molecule has 0 bridgehead atoms. The van der Waals surface area contributed by atoms with E-state index in [0.29, 0.717) is 0 Å². The van der Waals surface area contributed by atoms with Crippen LogP contribution in [0.15, 0.2) is 0 Å². The van der Waals surface area contributed by atoms with Crippen molar-refractivity contribution in [2.45, 2.75) is 122 Å². The molecular weight excluding hydrogens is 296 g/mol. The van der Waals surface area contributed by atoms with E-state index < -0.39 is 0 Å². The number of ether oxygens (including phenoxy) is 1. The van der Waals surface area contributed by atoms with Crippen molar-refractivity contribution in [3.63, 3.8) is 0 Å². The highest BCUT2D eigenvalue weighted by atomic mass is 16.5. The summed E-state index contributed by atoms with van der Waals surface area (Å²) in [5, 5.41) is 0. The molecule has 0 aliphatic heterocycles. The van der Waals surface area contributed by atoms with Gasteiger partial charge in [-0.05, 0) is 26.2 Å². The van der Waals surface area contributed by atoms with Gasteiger partial charge in [0.05, 0.1) is 0 Å². The van der Waals surface area contributed by atoms with Crippen molar-refractivity contribution in [2.24, 2.45) is 11.5 Å². The van der Waals surface area contributed by atoms with E-state index in [1.807, 2.05) is 6.92 Å². The van der Waals surface area contributed by atoms with Crippen LogP contribution in [0.5, 0.6) is 0 Å². The number of hydrogen-bond donors (Lipinski definition) is 2. The van der Waals surface area contributed by atoms with Crippen LogP contribution in [0.4, 0.5) is 0 Å². The topological polar surface area (TPSA) is 61.3 Å². The summed E-state index contributed by atoms with van der Waals surface area (Å²) in [5.74, 6) is 0. The molecule has 0 aromatic heterocycles. The second kappa shape index (κ2) is 19.2. The first-order valence-corrected chi connectivity index (χ1v) is 10.8. The highest BCUT2D eigenvalue weighted by Gasteiger charge is 2.06. The van der Waals surface area contributed by atoms with Crippen LogP contribution < -0.4 is 11.5 Å². The van der Waals surface area contributed by atoms with Gasteiger partial charge in [0.2, 0.25) is 0 Å². The Bertz CT molecular complexity index is 234. The summed E-state index contributed by atoms with van der Waals surface area (Å²) < 4.78 is 5.67. The normalized spacial score (nSPS) is 14.0. The van der Waals surface area contributed by atoms with Crippen LogP contribution >= 0.6 is 0 Å². The molecule has 2 unspecified atom stereocenters.